The third kappa shape index (κ3) is 1.47. The summed E-state index contributed by atoms with van der Waals surface area (Å²) in [6, 6.07) is 5.97. The van der Waals surface area contributed by atoms with Crippen molar-refractivity contribution in [2.45, 2.75) is 25.4 Å². The summed E-state index contributed by atoms with van der Waals surface area (Å²) in [6.45, 7) is -0.184. The highest BCUT2D eigenvalue weighted by atomic mass is 16.3. The second-order valence-corrected chi connectivity index (χ2v) is 3.54. The first-order valence-electron chi connectivity index (χ1n) is 4.72. The number of aryl methyl sites for hydroxylation is 1. The highest BCUT2D eigenvalue weighted by Crippen LogP contribution is 2.28. The largest absolute Gasteiger partial charge is 0.393 e. The first-order valence-corrected chi connectivity index (χ1v) is 4.72. The third-order valence-electron chi connectivity index (χ3n) is 2.71. The molecule has 1 unspecified atom stereocenters. The monoisotopic (exact) mass is 178 g/mol. The molecule has 70 valence electrons. The molecule has 1 aliphatic carbocycles. The average molecular weight is 178 g/mol. The van der Waals surface area contributed by atoms with Crippen LogP contribution in [0.5, 0.6) is 0 Å². The molecule has 1 aromatic rings. The molecule has 2 nitrogen and oxygen atoms in total. The number of fused-ring (bicyclic) bond motifs is 1. The van der Waals surface area contributed by atoms with Crippen molar-refractivity contribution in [3.05, 3.63) is 34.9 Å². The highest BCUT2D eigenvalue weighted by molar-refractivity contribution is 5.39. The van der Waals surface area contributed by atoms with Crippen molar-refractivity contribution in [1.82, 2.24) is 0 Å². The summed E-state index contributed by atoms with van der Waals surface area (Å²) in [6.07, 6.45) is 2.63. The van der Waals surface area contributed by atoms with Crippen LogP contribution in [0, 0.1) is 0 Å². The molecule has 1 aliphatic rings. The zero-order chi connectivity index (χ0) is 9.26. The van der Waals surface area contributed by atoms with E-state index in [1.54, 1.807) is 0 Å². The van der Waals surface area contributed by atoms with Crippen LogP contribution in [0.4, 0.5) is 0 Å². The Morgan fingerprint density at radius 1 is 1.31 bits per heavy atom. The minimum absolute atomic E-state index is 0.184. The van der Waals surface area contributed by atoms with Gasteiger partial charge < -0.3 is 10.2 Å². The van der Waals surface area contributed by atoms with E-state index in [9.17, 15) is 5.11 Å². The van der Waals surface area contributed by atoms with Gasteiger partial charge in [0, 0.05) is 0 Å². The standard InChI is InChI=1S/C11H14O2/c12-7-11(13)10-6-2-4-8-3-1-5-9(8)10/h2,4,6,11-13H,1,3,5,7H2. The number of hydrogen-bond donors (Lipinski definition) is 2. The van der Waals surface area contributed by atoms with Gasteiger partial charge in [0.05, 0.1) is 6.61 Å². The molecule has 2 heteroatoms. The molecular formula is C11H14O2. The van der Waals surface area contributed by atoms with Crippen LogP contribution in [0.2, 0.25) is 0 Å². The predicted molar refractivity (Wildman–Crippen MR) is 50.5 cm³/mol. The number of hydrogen-bond acceptors (Lipinski definition) is 2. The highest BCUT2D eigenvalue weighted by Gasteiger charge is 2.17. The van der Waals surface area contributed by atoms with Gasteiger partial charge in [0.15, 0.2) is 0 Å². The fraction of sp³-hybridized carbons (Fsp3) is 0.455. The quantitative estimate of drug-likeness (QED) is 0.714. The molecule has 0 saturated carbocycles. The SMILES string of the molecule is OCC(O)c1cccc2c1CCC2. The van der Waals surface area contributed by atoms with E-state index in [4.69, 9.17) is 5.11 Å². The van der Waals surface area contributed by atoms with Crippen LogP contribution in [0.15, 0.2) is 18.2 Å². The third-order valence-corrected chi connectivity index (χ3v) is 2.71. The molecule has 0 aromatic heterocycles. The maximum Gasteiger partial charge on any atom is 0.102 e. The fourth-order valence-corrected chi connectivity index (χ4v) is 2.06. The van der Waals surface area contributed by atoms with Gasteiger partial charge >= 0.3 is 0 Å². The van der Waals surface area contributed by atoms with Crippen LogP contribution >= 0.6 is 0 Å². The van der Waals surface area contributed by atoms with Crippen LogP contribution in [0.1, 0.15) is 29.2 Å². The number of benzene rings is 1. The van der Waals surface area contributed by atoms with Crippen molar-refractivity contribution in [2.24, 2.45) is 0 Å². The number of rotatable bonds is 2. The average Bonchev–Trinajstić information content (AvgIpc) is 2.63. The van der Waals surface area contributed by atoms with Crippen molar-refractivity contribution in [3.8, 4) is 0 Å². The van der Waals surface area contributed by atoms with Gasteiger partial charge in [0.2, 0.25) is 0 Å². The first-order chi connectivity index (χ1) is 6.33. The number of aliphatic hydroxyl groups excluding tert-OH is 2. The zero-order valence-electron chi connectivity index (χ0n) is 7.53. The van der Waals surface area contributed by atoms with Gasteiger partial charge in [0.1, 0.15) is 6.10 Å². The van der Waals surface area contributed by atoms with E-state index in [1.807, 2.05) is 12.1 Å². The normalized spacial score (nSPS) is 17.1. The van der Waals surface area contributed by atoms with Crippen LogP contribution in [0.3, 0.4) is 0 Å². The summed E-state index contributed by atoms with van der Waals surface area (Å²) in [4.78, 5) is 0. The van der Waals surface area contributed by atoms with E-state index >= 15 is 0 Å². The lowest BCUT2D eigenvalue weighted by atomic mass is 9.99. The van der Waals surface area contributed by atoms with E-state index in [0.717, 1.165) is 18.4 Å². The summed E-state index contributed by atoms with van der Waals surface area (Å²) in [5.74, 6) is 0. The van der Waals surface area contributed by atoms with Crippen LogP contribution in [-0.4, -0.2) is 16.8 Å². The van der Waals surface area contributed by atoms with Gasteiger partial charge in [-0.25, -0.2) is 0 Å². The molecule has 0 spiro atoms. The molecule has 1 atom stereocenters. The molecule has 0 bridgehead atoms. The van der Waals surface area contributed by atoms with Gasteiger partial charge in [0.25, 0.3) is 0 Å². The Bertz CT molecular complexity index is 307. The molecule has 0 aliphatic heterocycles. The Morgan fingerprint density at radius 2 is 2.15 bits per heavy atom. The van der Waals surface area contributed by atoms with E-state index in [-0.39, 0.29) is 6.61 Å². The maximum absolute atomic E-state index is 9.54. The Hall–Kier alpha value is -0.860. The van der Waals surface area contributed by atoms with E-state index in [0.29, 0.717) is 0 Å². The molecular weight excluding hydrogens is 164 g/mol. The van der Waals surface area contributed by atoms with Gasteiger partial charge in [-0.1, -0.05) is 18.2 Å². The summed E-state index contributed by atoms with van der Waals surface area (Å²) < 4.78 is 0. The predicted octanol–water partition coefficient (Wildman–Crippen LogP) is 1.20. The molecule has 2 rings (SSSR count). The molecule has 0 amide bonds. The smallest absolute Gasteiger partial charge is 0.102 e. The van der Waals surface area contributed by atoms with E-state index < -0.39 is 6.10 Å². The summed E-state index contributed by atoms with van der Waals surface area (Å²) in [7, 11) is 0. The molecule has 0 heterocycles. The second kappa shape index (κ2) is 3.48. The Morgan fingerprint density at radius 3 is 2.92 bits per heavy atom. The van der Waals surface area contributed by atoms with E-state index in [2.05, 4.69) is 6.07 Å². The van der Waals surface area contributed by atoms with Gasteiger partial charge in [-0.05, 0) is 36.0 Å². The van der Waals surface area contributed by atoms with Crippen LogP contribution in [0.25, 0.3) is 0 Å². The van der Waals surface area contributed by atoms with Crippen molar-refractivity contribution in [1.29, 1.82) is 0 Å². The lowest BCUT2D eigenvalue weighted by Gasteiger charge is -2.12. The van der Waals surface area contributed by atoms with Crippen molar-refractivity contribution in [3.63, 3.8) is 0 Å². The van der Waals surface area contributed by atoms with Gasteiger partial charge in [-0.3, -0.25) is 0 Å². The zero-order valence-corrected chi connectivity index (χ0v) is 7.53. The molecule has 2 N–H and O–H groups in total. The minimum Gasteiger partial charge on any atom is -0.393 e. The van der Waals surface area contributed by atoms with Crippen LogP contribution in [-0.2, 0) is 12.8 Å². The van der Waals surface area contributed by atoms with Crippen molar-refractivity contribution in [2.75, 3.05) is 6.61 Å². The minimum atomic E-state index is -0.701. The Kier molecular flexibility index (Phi) is 2.34. The van der Waals surface area contributed by atoms with Crippen molar-refractivity contribution < 1.29 is 10.2 Å². The van der Waals surface area contributed by atoms with Crippen molar-refractivity contribution >= 4 is 0 Å². The lowest BCUT2D eigenvalue weighted by Crippen LogP contribution is -2.05. The Balaban J connectivity index is 2.41. The fourth-order valence-electron chi connectivity index (χ4n) is 2.06. The van der Waals surface area contributed by atoms with Crippen LogP contribution < -0.4 is 0 Å². The number of aliphatic hydroxyl groups is 2. The second-order valence-electron chi connectivity index (χ2n) is 3.54. The topological polar surface area (TPSA) is 40.5 Å². The molecule has 1 aromatic carbocycles. The lowest BCUT2D eigenvalue weighted by molar-refractivity contribution is 0.0949. The first kappa shape index (κ1) is 8.73. The van der Waals surface area contributed by atoms with Gasteiger partial charge in [-0.2, -0.15) is 0 Å². The van der Waals surface area contributed by atoms with Gasteiger partial charge in [-0.15, -0.1) is 0 Å². The molecule has 0 fully saturated rings. The maximum atomic E-state index is 9.54. The molecule has 13 heavy (non-hydrogen) atoms. The summed E-state index contributed by atoms with van der Waals surface area (Å²) in [5.41, 5.74) is 3.51. The summed E-state index contributed by atoms with van der Waals surface area (Å²) >= 11 is 0. The van der Waals surface area contributed by atoms with E-state index in [1.165, 1.54) is 17.5 Å². The molecule has 0 saturated heterocycles. The molecule has 0 radical (unpaired) electrons. The summed E-state index contributed by atoms with van der Waals surface area (Å²) in [5, 5.41) is 18.4. The Labute approximate surface area is 77.8 Å².